The van der Waals surface area contributed by atoms with Crippen LogP contribution in [-0.4, -0.2) is 4.98 Å². The second-order valence-corrected chi connectivity index (χ2v) is 5.69. The predicted molar refractivity (Wildman–Crippen MR) is 76.7 cm³/mol. The highest BCUT2D eigenvalue weighted by Crippen LogP contribution is 2.23. The molecule has 100 valence electrons. The van der Waals surface area contributed by atoms with Crippen LogP contribution in [0.3, 0.4) is 0 Å². The molecule has 1 aromatic carbocycles. The Kier molecular flexibility index (Phi) is 3.84. The Morgan fingerprint density at radius 2 is 1.79 bits per heavy atom. The molecular formula is C16H19FN2. The first-order valence-corrected chi connectivity index (χ1v) is 6.39. The van der Waals surface area contributed by atoms with Crippen molar-refractivity contribution in [3.05, 3.63) is 59.7 Å². The Labute approximate surface area is 113 Å². The molecule has 0 amide bonds. The molecule has 0 saturated carbocycles. The minimum absolute atomic E-state index is 0.158. The van der Waals surface area contributed by atoms with E-state index >= 15 is 0 Å². The van der Waals surface area contributed by atoms with Gasteiger partial charge in [0, 0.05) is 18.4 Å². The van der Waals surface area contributed by atoms with Crippen molar-refractivity contribution in [2.45, 2.75) is 32.7 Å². The summed E-state index contributed by atoms with van der Waals surface area (Å²) in [4.78, 5) is 3.83. The molecule has 0 radical (unpaired) electrons. The molecule has 0 atom stereocenters. The van der Waals surface area contributed by atoms with Gasteiger partial charge in [0.15, 0.2) is 0 Å². The van der Waals surface area contributed by atoms with Gasteiger partial charge < -0.3 is 5.32 Å². The maximum atomic E-state index is 13.0. The highest BCUT2D eigenvalue weighted by Gasteiger charge is 2.12. The molecule has 2 rings (SSSR count). The topological polar surface area (TPSA) is 24.9 Å². The Balaban J connectivity index is 2.01. The van der Waals surface area contributed by atoms with Crippen molar-refractivity contribution >= 4 is 5.69 Å². The van der Waals surface area contributed by atoms with Gasteiger partial charge in [0.05, 0.1) is 6.20 Å². The monoisotopic (exact) mass is 258 g/mol. The van der Waals surface area contributed by atoms with E-state index in [1.165, 1.54) is 17.8 Å². The highest BCUT2D eigenvalue weighted by atomic mass is 19.1. The Morgan fingerprint density at radius 1 is 1.11 bits per heavy atom. The van der Waals surface area contributed by atoms with Crippen molar-refractivity contribution in [1.29, 1.82) is 0 Å². The van der Waals surface area contributed by atoms with Gasteiger partial charge in [-0.25, -0.2) is 4.39 Å². The Bertz CT molecular complexity index is 541. The van der Waals surface area contributed by atoms with Gasteiger partial charge in [-0.1, -0.05) is 32.9 Å². The van der Waals surface area contributed by atoms with Crippen LogP contribution in [0.25, 0.3) is 0 Å². The van der Waals surface area contributed by atoms with E-state index in [-0.39, 0.29) is 11.2 Å². The molecule has 1 heterocycles. The first kappa shape index (κ1) is 13.5. The van der Waals surface area contributed by atoms with Crippen molar-refractivity contribution in [3.8, 4) is 0 Å². The van der Waals surface area contributed by atoms with Crippen LogP contribution >= 0.6 is 0 Å². The largest absolute Gasteiger partial charge is 0.381 e. The van der Waals surface area contributed by atoms with Gasteiger partial charge in [-0.15, -0.1) is 0 Å². The number of nitrogens with zero attached hydrogens (tertiary/aromatic N) is 1. The van der Waals surface area contributed by atoms with Crippen molar-refractivity contribution in [1.82, 2.24) is 4.98 Å². The van der Waals surface area contributed by atoms with E-state index in [0.717, 1.165) is 11.3 Å². The van der Waals surface area contributed by atoms with Gasteiger partial charge in [0.25, 0.3) is 0 Å². The smallest absolute Gasteiger partial charge is 0.141 e. The fourth-order valence-corrected chi connectivity index (χ4v) is 1.84. The van der Waals surface area contributed by atoms with E-state index in [4.69, 9.17) is 0 Å². The summed E-state index contributed by atoms with van der Waals surface area (Å²) >= 11 is 0. The lowest BCUT2D eigenvalue weighted by atomic mass is 9.87. The van der Waals surface area contributed by atoms with E-state index in [1.54, 1.807) is 6.20 Å². The van der Waals surface area contributed by atoms with Crippen LogP contribution in [0.4, 0.5) is 10.1 Å². The first-order valence-electron chi connectivity index (χ1n) is 6.39. The second-order valence-electron chi connectivity index (χ2n) is 5.69. The van der Waals surface area contributed by atoms with Crippen LogP contribution in [0.2, 0.25) is 0 Å². The lowest BCUT2D eigenvalue weighted by Crippen LogP contribution is -2.10. The van der Waals surface area contributed by atoms with E-state index in [0.29, 0.717) is 6.54 Å². The second kappa shape index (κ2) is 5.39. The quantitative estimate of drug-likeness (QED) is 0.895. The molecule has 3 heteroatoms. The first-order chi connectivity index (χ1) is 8.95. The van der Waals surface area contributed by atoms with Gasteiger partial charge in [0.2, 0.25) is 0 Å². The average molecular weight is 258 g/mol. The van der Waals surface area contributed by atoms with Crippen LogP contribution in [0.15, 0.2) is 42.7 Å². The molecule has 0 saturated heterocycles. The molecule has 0 aliphatic rings. The molecule has 1 N–H and O–H groups in total. The molecule has 0 aliphatic carbocycles. The van der Waals surface area contributed by atoms with Gasteiger partial charge in [-0.2, -0.15) is 0 Å². The van der Waals surface area contributed by atoms with E-state index in [9.17, 15) is 4.39 Å². The van der Waals surface area contributed by atoms with Crippen LogP contribution in [0.1, 0.15) is 31.9 Å². The SMILES string of the molecule is CC(C)(C)c1ccc(NCc2cncc(F)c2)cc1. The fraction of sp³-hybridized carbons (Fsp3) is 0.312. The summed E-state index contributed by atoms with van der Waals surface area (Å²) in [6, 6.07) is 9.82. The maximum Gasteiger partial charge on any atom is 0.141 e. The average Bonchev–Trinajstić information content (AvgIpc) is 2.36. The number of benzene rings is 1. The van der Waals surface area contributed by atoms with Crippen molar-refractivity contribution in [2.24, 2.45) is 0 Å². The third-order valence-corrected chi connectivity index (χ3v) is 3.01. The lowest BCUT2D eigenvalue weighted by Gasteiger charge is -2.19. The van der Waals surface area contributed by atoms with Crippen LogP contribution in [-0.2, 0) is 12.0 Å². The minimum atomic E-state index is -0.303. The van der Waals surface area contributed by atoms with Gasteiger partial charge in [0.1, 0.15) is 5.82 Å². The molecule has 0 aliphatic heterocycles. The number of aromatic nitrogens is 1. The number of hydrogen-bond donors (Lipinski definition) is 1. The van der Waals surface area contributed by atoms with E-state index < -0.39 is 0 Å². The number of halogens is 1. The number of hydrogen-bond acceptors (Lipinski definition) is 2. The van der Waals surface area contributed by atoms with E-state index in [1.807, 2.05) is 12.1 Å². The fourth-order valence-electron chi connectivity index (χ4n) is 1.84. The molecule has 2 aromatic rings. The summed E-state index contributed by atoms with van der Waals surface area (Å²) < 4.78 is 13.0. The van der Waals surface area contributed by atoms with Crippen molar-refractivity contribution in [2.75, 3.05) is 5.32 Å². The third kappa shape index (κ3) is 3.78. The molecule has 1 aromatic heterocycles. The number of anilines is 1. The third-order valence-electron chi connectivity index (χ3n) is 3.01. The van der Waals surface area contributed by atoms with Crippen LogP contribution in [0.5, 0.6) is 0 Å². The summed E-state index contributed by atoms with van der Waals surface area (Å²) in [7, 11) is 0. The highest BCUT2D eigenvalue weighted by molar-refractivity contribution is 5.46. The van der Waals surface area contributed by atoms with Gasteiger partial charge in [-0.05, 0) is 34.7 Å². The van der Waals surface area contributed by atoms with Crippen molar-refractivity contribution < 1.29 is 4.39 Å². The standard InChI is InChI=1S/C16H19FN2/c1-16(2,3)13-4-6-15(7-5-13)19-10-12-8-14(17)11-18-9-12/h4-9,11,19H,10H2,1-3H3. The summed E-state index contributed by atoms with van der Waals surface area (Å²) in [6.07, 6.45) is 2.88. The summed E-state index contributed by atoms with van der Waals surface area (Å²) in [5, 5.41) is 3.26. The van der Waals surface area contributed by atoms with Crippen LogP contribution in [0, 0.1) is 5.82 Å². The van der Waals surface area contributed by atoms with Gasteiger partial charge in [-0.3, -0.25) is 4.98 Å². The summed E-state index contributed by atoms with van der Waals surface area (Å²) in [5.74, 6) is -0.303. The normalized spacial score (nSPS) is 11.4. The zero-order valence-electron chi connectivity index (χ0n) is 11.6. The number of nitrogens with one attached hydrogen (secondary N) is 1. The molecule has 0 fully saturated rings. The molecule has 0 unspecified atom stereocenters. The maximum absolute atomic E-state index is 13.0. The molecule has 0 spiro atoms. The molecule has 2 nitrogen and oxygen atoms in total. The molecule has 0 bridgehead atoms. The molecule has 19 heavy (non-hydrogen) atoms. The molecular weight excluding hydrogens is 239 g/mol. The number of pyridine rings is 1. The summed E-state index contributed by atoms with van der Waals surface area (Å²) in [5.41, 5.74) is 3.31. The van der Waals surface area contributed by atoms with Gasteiger partial charge >= 0.3 is 0 Å². The zero-order chi connectivity index (χ0) is 13.9. The number of rotatable bonds is 3. The van der Waals surface area contributed by atoms with Crippen molar-refractivity contribution in [3.63, 3.8) is 0 Å². The Hall–Kier alpha value is -1.90. The predicted octanol–water partition coefficient (Wildman–Crippen LogP) is 4.13. The Morgan fingerprint density at radius 3 is 2.37 bits per heavy atom. The minimum Gasteiger partial charge on any atom is -0.381 e. The zero-order valence-corrected chi connectivity index (χ0v) is 11.6. The lowest BCUT2D eigenvalue weighted by molar-refractivity contribution is 0.590. The van der Waals surface area contributed by atoms with E-state index in [2.05, 4.69) is 43.2 Å². The van der Waals surface area contributed by atoms with Crippen LogP contribution < -0.4 is 5.32 Å². The summed E-state index contributed by atoms with van der Waals surface area (Å²) in [6.45, 7) is 7.13.